The second kappa shape index (κ2) is 5.70. The second-order valence-corrected chi connectivity index (χ2v) is 5.56. The fourth-order valence-electron chi connectivity index (χ4n) is 2.28. The lowest BCUT2D eigenvalue weighted by atomic mass is 9.83. The van der Waals surface area contributed by atoms with E-state index in [0.29, 0.717) is 0 Å². The highest BCUT2D eigenvalue weighted by atomic mass is 16.5. The summed E-state index contributed by atoms with van der Waals surface area (Å²) in [5.74, 6) is 1.69. The average molecular weight is 246 g/mol. The molecule has 0 spiro atoms. The molecule has 1 N–H and O–H groups in total. The number of nitrogens with zero attached hydrogens (tertiary/aromatic N) is 1. The standard InChI is InChI=1S/C15H22N2O/c1-3-12(4-1)9-10-18-15-6-2-5-14(17-15)11-16-13-7-8-13/h2,5-6,12-13,16H,1,3-4,7-11H2. The van der Waals surface area contributed by atoms with Gasteiger partial charge in [-0.05, 0) is 31.2 Å². The van der Waals surface area contributed by atoms with Crippen molar-refractivity contribution in [3.8, 4) is 5.88 Å². The van der Waals surface area contributed by atoms with Crippen molar-refractivity contribution >= 4 is 0 Å². The Labute approximate surface area is 109 Å². The minimum Gasteiger partial charge on any atom is -0.478 e. The Balaban J connectivity index is 1.43. The van der Waals surface area contributed by atoms with Crippen molar-refractivity contribution in [3.05, 3.63) is 23.9 Å². The number of nitrogens with one attached hydrogen (secondary N) is 1. The van der Waals surface area contributed by atoms with Crippen LogP contribution in [0.25, 0.3) is 0 Å². The van der Waals surface area contributed by atoms with Crippen LogP contribution in [0.15, 0.2) is 18.2 Å². The van der Waals surface area contributed by atoms with Crippen LogP contribution in [0, 0.1) is 5.92 Å². The highest BCUT2D eigenvalue weighted by molar-refractivity contribution is 5.15. The summed E-state index contributed by atoms with van der Waals surface area (Å²) in [4.78, 5) is 4.53. The Hall–Kier alpha value is -1.09. The van der Waals surface area contributed by atoms with Gasteiger partial charge in [0.15, 0.2) is 0 Å². The molecule has 0 aromatic carbocycles. The van der Waals surface area contributed by atoms with Crippen molar-refractivity contribution in [2.75, 3.05) is 6.61 Å². The van der Waals surface area contributed by atoms with Gasteiger partial charge in [0.25, 0.3) is 0 Å². The van der Waals surface area contributed by atoms with Crippen LogP contribution >= 0.6 is 0 Å². The third kappa shape index (κ3) is 3.45. The monoisotopic (exact) mass is 246 g/mol. The summed E-state index contributed by atoms with van der Waals surface area (Å²) in [5, 5.41) is 3.47. The molecule has 1 heterocycles. The Morgan fingerprint density at radius 2 is 2.11 bits per heavy atom. The molecule has 0 radical (unpaired) electrons. The molecular formula is C15H22N2O. The van der Waals surface area contributed by atoms with Crippen LogP contribution in [-0.4, -0.2) is 17.6 Å². The topological polar surface area (TPSA) is 34.2 Å². The summed E-state index contributed by atoms with van der Waals surface area (Å²) in [6, 6.07) is 6.79. The van der Waals surface area contributed by atoms with E-state index in [1.807, 2.05) is 12.1 Å². The lowest BCUT2D eigenvalue weighted by Crippen LogP contribution is -2.17. The molecule has 98 valence electrons. The number of rotatable bonds is 7. The van der Waals surface area contributed by atoms with Gasteiger partial charge < -0.3 is 10.1 Å². The summed E-state index contributed by atoms with van der Waals surface area (Å²) in [5.41, 5.74) is 1.09. The van der Waals surface area contributed by atoms with Crippen LogP contribution in [0.3, 0.4) is 0 Å². The van der Waals surface area contributed by atoms with Crippen molar-refractivity contribution in [1.82, 2.24) is 10.3 Å². The Bertz CT molecular complexity index is 386. The number of ether oxygens (including phenoxy) is 1. The van der Waals surface area contributed by atoms with E-state index in [9.17, 15) is 0 Å². The molecule has 1 aromatic rings. The van der Waals surface area contributed by atoms with Gasteiger partial charge in [-0.3, -0.25) is 0 Å². The van der Waals surface area contributed by atoms with Gasteiger partial charge in [0.2, 0.25) is 5.88 Å². The number of aromatic nitrogens is 1. The number of hydrogen-bond acceptors (Lipinski definition) is 3. The lowest BCUT2D eigenvalue weighted by Gasteiger charge is -2.24. The fourth-order valence-corrected chi connectivity index (χ4v) is 2.28. The first kappa shape index (κ1) is 12.0. The Morgan fingerprint density at radius 3 is 2.83 bits per heavy atom. The molecule has 0 saturated heterocycles. The molecule has 0 amide bonds. The maximum Gasteiger partial charge on any atom is 0.213 e. The van der Waals surface area contributed by atoms with E-state index in [-0.39, 0.29) is 0 Å². The predicted octanol–water partition coefficient (Wildman–Crippen LogP) is 2.90. The first-order chi connectivity index (χ1) is 8.90. The van der Waals surface area contributed by atoms with Crippen molar-refractivity contribution in [1.29, 1.82) is 0 Å². The molecule has 0 bridgehead atoms. The van der Waals surface area contributed by atoms with Gasteiger partial charge in [-0.2, -0.15) is 0 Å². The molecule has 2 aliphatic carbocycles. The summed E-state index contributed by atoms with van der Waals surface area (Å²) >= 11 is 0. The van der Waals surface area contributed by atoms with Gasteiger partial charge in [0.05, 0.1) is 12.3 Å². The van der Waals surface area contributed by atoms with Crippen molar-refractivity contribution in [2.45, 2.75) is 51.1 Å². The van der Waals surface area contributed by atoms with Crippen LogP contribution in [-0.2, 0) is 6.54 Å². The minimum atomic E-state index is 0.731. The lowest BCUT2D eigenvalue weighted by molar-refractivity contribution is 0.217. The van der Waals surface area contributed by atoms with Gasteiger partial charge in [-0.15, -0.1) is 0 Å². The van der Waals surface area contributed by atoms with Crippen molar-refractivity contribution < 1.29 is 4.74 Å². The highest BCUT2D eigenvalue weighted by Crippen LogP contribution is 2.29. The molecule has 2 fully saturated rings. The van der Waals surface area contributed by atoms with Crippen molar-refractivity contribution in [2.24, 2.45) is 5.92 Å². The normalized spacial score (nSPS) is 19.6. The van der Waals surface area contributed by atoms with E-state index in [1.54, 1.807) is 0 Å². The van der Waals surface area contributed by atoms with Crippen LogP contribution in [0.4, 0.5) is 0 Å². The maximum atomic E-state index is 5.74. The van der Waals surface area contributed by atoms with Crippen molar-refractivity contribution in [3.63, 3.8) is 0 Å². The highest BCUT2D eigenvalue weighted by Gasteiger charge is 2.20. The smallest absolute Gasteiger partial charge is 0.213 e. The van der Waals surface area contributed by atoms with Gasteiger partial charge >= 0.3 is 0 Å². The molecular weight excluding hydrogens is 224 g/mol. The van der Waals surface area contributed by atoms with Gasteiger partial charge in [0, 0.05) is 18.7 Å². The van der Waals surface area contributed by atoms with Crippen LogP contribution in [0.1, 0.15) is 44.2 Å². The first-order valence-electron chi connectivity index (χ1n) is 7.22. The predicted molar refractivity (Wildman–Crippen MR) is 71.6 cm³/mol. The molecule has 18 heavy (non-hydrogen) atoms. The Kier molecular flexibility index (Phi) is 3.79. The van der Waals surface area contributed by atoms with E-state index in [2.05, 4.69) is 16.4 Å². The summed E-state index contributed by atoms with van der Waals surface area (Å²) in [7, 11) is 0. The summed E-state index contributed by atoms with van der Waals surface area (Å²) in [6.45, 7) is 1.68. The molecule has 2 saturated carbocycles. The van der Waals surface area contributed by atoms with E-state index in [4.69, 9.17) is 4.74 Å². The van der Waals surface area contributed by atoms with Gasteiger partial charge in [-0.1, -0.05) is 25.3 Å². The van der Waals surface area contributed by atoms with Crippen LogP contribution < -0.4 is 10.1 Å². The van der Waals surface area contributed by atoms with Gasteiger partial charge in [0.1, 0.15) is 0 Å². The second-order valence-electron chi connectivity index (χ2n) is 5.56. The third-order valence-corrected chi connectivity index (χ3v) is 3.93. The zero-order valence-electron chi connectivity index (χ0n) is 10.9. The quantitative estimate of drug-likeness (QED) is 0.803. The summed E-state index contributed by atoms with van der Waals surface area (Å²) < 4.78 is 5.74. The van der Waals surface area contributed by atoms with Crippen LogP contribution in [0.5, 0.6) is 5.88 Å². The molecule has 0 atom stereocenters. The SMILES string of the molecule is c1cc(CNC2CC2)nc(OCCC2CCC2)c1. The Morgan fingerprint density at radius 1 is 1.22 bits per heavy atom. The molecule has 0 aliphatic heterocycles. The average Bonchev–Trinajstić information content (AvgIpc) is 3.14. The minimum absolute atomic E-state index is 0.731. The van der Waals surface area contributed by atoms with Crippen LogP contribution in [0.2, 0.25) is 0 Å². The maximum absolute atomic E-state index is 5.74. The largest absolute Gasteiger partial charge is 0.478 e. The number of hydrogen-bond donors (Lipinski definition) is 1. The molecule has 1 aromatic heterocycles. The third-order valence-electron chi connectivity index (χ3n) is 3.93. The zero-order valence-corrected chi connectivity index (χ0v) is 10.9. The summed E-state index contributed by atoms with van der Waals surface area (Å²) in [6.07, 6.45) is 8.01. The molecule has 3 rings (SSSR count). The van der Waals surface area contributed by atoms with E-state index in [0.717, 1.165) is 36.7 Å². The molecule has 2 aliphatic rings. The number of pyridine rings is 1. The van der Waals surface area contributed by atoms with E-state index < -0.39 is 0 Å². The first-order valence-corrected chi connectivity index (χ1v) is 7.22. The fraction of sp³-hybridized carbons (Fsp3) is 0.667. The zero-order chi connectivity index (χ0) is 12.2. The molecule has 3 heteroatoms. The molecule has 0 unspecified atom stereocenters. The molecule has 3 nitrogen and oxygen atoms in total. The van der Waals surface area contributed by atoms with E-state index in [1.165, 1.54) is 38.5 Å². The van der Waals surface area contributed by atoms with Gasteiger partial charge in [-0.25, -0.2) is 4.98 Å². The van der Waals surface area contributed by atoms with E-state index >= 15 is 0 Å².